The molecule has 3 aromatic rings. The molecule has 0 spiro atoms. The fourth-order valence-corrected chi connectivity index (χ4v) is 3.46. The van der Waals surface area contributed by atoms with Crippen LogP contribution >= 0.6 is 11.8 Å². The minimum Gasteiger partial charge on any atom is -0.494 e. The molecule has 0 aliphatic heterocycles. The van der Waals surface area contributed by atoms with Gasteiger partial charge in [-0.15, -0.1) is 0 Å². The van der Waals surface area contributed by atoms with E-state index in [2.05, 4.69) is 32.2 Å². The van der Waals surface area contributed by atoms with Gasteiger partial charge in [0.25, 0.3) is 0 Å². The van der Waals surface area contributed by atoms with Crippen LogP contribution in [0.25, 0.3) is 11.2 Å². The molecule has 0 aliphatic rings. The van der Waals surface area contributed by atoms with Crippen LogP contribution < -0.4 is 10.1 Å². The second-order valence-electron chi connectivity index (χ2n) is 6.01. The van der Waals surface area contributed by atoms with Gasteiger partial charge in [-0.3, -0.25) is 4.79 Å². The number of aromatic amines is 1. The predicted octanol–water partition coefficient (Wildman–Crippen LogP) is 4.04. The molecule has 1 aromatic carbocycles. The fourth-order valence-electron chi connectivity index (χ4n) is 2.48. The Morgan fingerprint density at radius 3 is 2.78 bits per heavy atom. The number of benzene rings is 1. The van der Waals surface area contributed by atoms with Gasteiger partial charge in [0.15, 0.2) is 5.65 Å². The highest BCUT2D eigenvalue weighted by atomic mass is 32.2. The van der Waals surface area contributed by atoms with Crippen LogP contribution in [0.4, 0.5) is 5.69 Å². The Labute approximate surface area is 162 Å². The lowest BCUT2D eigenvalue weighted by atomic mass is 10.2. The summed E-state index contributed by atoms with van der Waals surface area (Å²) in [5, 5.41) is 3.42. The zero-order chi connectivity index (χ0) is 19.1. The maximum absolute atomic E-state index is 12.7. The Kier molecular flexibility index (Phi) is 6.64. The standard InChI is InChI=1S/C19H23N5O2S/c1-3-5-10-26-14-8-6-13(7-9-14)24-18(25)15(4-2)27-19-16-17(21-11-20-16)22-12-23-19/h6-9,11-12,15H,3-5,10H2,1-2H3,(H,24,25)(H,20,21,22,23)/t15-/m1/s1. The van der Waals surface area contributed by atoms with Crippen LogP contribution in [-0.4, -0.2) is 37.7 Å². The summed E-state index contributed by atoms with van der Waals surface area (Å²) in [6.07, 6.45) is 5.85. The molecule has 0 bridgehead atoms. The number of hydrogen-bond acceptors (Lipinski definition) is 6. The first kappa shape index (κ1) is 19.2. The Morgan fingerprint density at radius 2 is 2.04 bits per heavy atom. The normalized spacial score (nSPS) is 12.1. The van der Waals surface area contributed by atoms with Crippen molar-refractivity contribution in [2.45, 2.75) is 43.4 Å². The Balaban J connectivity index is 1.62. The highest BCUT2D eigenvalue weighted by Gasteiger charge is 2.20. The number of hydrogen-bond donors (Lipinski definition) is 2. The second kappa shape index (κ2) is 9.36. The largest absolute Gasteiger partial charge is 0.494 e. The zero-order valence-electron chi connectivity index (χ0n) is 15.4. The predicted molar refractivity (Wildman–Crippen MR) is 107 cm³/mol. The number of nitrogens with zero attached hydrogens (tertiary/aromatic N) is 3. The van der Waals surface area contributed by atoms with Gasteiger partial charge in [0.2, 0.25) is 5.91 Å². The van der Waals surface area contributed by atoms with Crippen LogP contribution in [0.2, 0.25) is 0 Å². The number of imidazole rings is 1. The van der Waals surface area contributed by atoms with E-state index in [0.29, 0.717) is 18.7 Å². The van der Waals surface area contributed by atoms with E-state index in [-0.39, 0.29) is 11.2 Å². The van der Waals surface area contributed by atoms with Crippen LogP contribution in [-0.2, 0) is 4.79 Å². The van der Waals surface area contributed by atoms with Crippen molar-refractivity contribution in [1.29, 1.82) is 0 Å². The molecule has 1 atom stereocenters. The van der Waals surface area contributed by atoms with Crippen LogP contribution in [0.15, 0.2) is 41.9 Å². The fraction of sp³-hybridized carbons (Fsp3) is 0.368. The first-order chi connectivity index (χ1) is 13.2. The topological polar surface area (TPSA) is 92.8 Å². The number of amides is 1. The van der Waals surface area contributed by atoms with Crippen LogP contribution in [0.5, 0.6) is 5.75 Å². The highest BCUT2D eigenvalue weighted by molar-refractivity contribution is 8.00. The number of rotatable bonds is 9. The van der Waals surface area contributed by atoms with Crippen molar-refractivity contribution in [2.24, 2.45) is 0 Å². The Bertz CT molecular complexity index is 881. The molecule has 8 heteroatoms. The third-order valence-electron chi connectivity index (χ3n) is 3.99. The summed E-state index contributed by atoms with van der Waals surface area (Å²) >= 11 is 1.41. The van der Waals surface area contributed by atoms with Crippen LogP contribution in [0.3, 0.4) is 0 Å². The van der Waals surface area contributed by atoms with Crippen molar-refractivity contribution in [3.05, 3.63) is 36.9 Å². The molecule has 0 saturated carbocycles. The number of fused-ring (bicyclic) bond motifs is 1. The van der Waals surface area contributed by atoms with Gasteiger partial charge in [-0.25, -0.2) is 15.0 Å². The second-order valence-corrected chi connectivity index (χ2v) is 7.20. The molecule has 2 heterocycles. The van der Waals surface area contributed by atoms with E-state index in [4.69, 9.17) is 4.74 Å². The lowest BCUT2D eigenvalue weighted by molar-refractivity contribution is -0.115. The van der Waals surface area contributed by atoms with E-state index >= 15 is 0 Å². The quantitative estimate of drug-likeness (QED) is 0.328. The summed E-state index contributed by atoms with van der Waals surface area (Å²) in [6.45, 7) is 4.81. The Hall–Kier alpha value is -2.61. The van der Waals surface area contributed by atoms with E-state index in [1.54, 1.807) is 6.33 Å². The van der Waals surface area contributed by atoms with Gasteiger partial charge in [-0.1, -0.05) is 32.0 Å². The van der Waals surface area contributed by atoms with E-state index in [1.165, 1.54) is 18.1 Å². The van der Waals surface area contributed by atoms with Gasteiger partial charge in [0.05, 0.1) is 18.2 Å². The maximum Gasteiger partial charge on any atom is 0.237 e. The van der Waals surface area contributed by atoms with Gasteiger partial charge >= 0.3 is 0 Å². The molecule has 142 valence electrons. The van der Waals surface area contributed by atoms with Gasteiger partial charge in [0.1, 0.15) is 22.6 Å². The molecular weight excluding hydrogens is 362 g/mol. The van der Waals surface area contributed by atoms with Crippen molar-refractivity contribution in [2.75, 3.05) is 11.9 Å². The summed E-state index contributed by atoms with van der Waals surface area (Å²) in [6, 6.07) is 7.46. The monoisotopic (exact) mass is 385 g/mol. The zero-order valence-corrected chi connectivity index (χ0v) is 16.3. The lowest BCUT2D eigenvalue weighted by Crippen LogP contribution is -2.24. The van der Waals surface area contributed by atoms with Gasteiger partial charge < -0.3 is 15.0 Å². The third kappa shape index (κ3) is 4.97. The van der Waals surface area contributed by atoms with Crippen molar-refractivity contribution in [1.82, 2.24) is 19.9 Å². The number of carbonyl (C=O) groups excluding carboxylic acids is 1. The molecule has 7 nitrogen and oxygen atoms in total. The lowest BCUT2D eigenvalue weighted by Gasteiger charge is -2.14. The van der Waals surface area contributed by atoms with Gasteiger partial charge in [-0.05, 0) is 37.1 Å². The smallest absolute Gasteiger partial charge is 0.237 e. The number of unbranched alkanes of at least 4 members (excludes halogenated alkanes) is 1. The number of carbonyl (C=O) groups is 1. The number of thioether (sulfide) groups is 1. The van der Waals surface area contributed by atoms with Crippen molar-refractivity contribution in [3.63, 3.8) is 0 Å². The van der Waals surface area contributed by atoms with Gasteiger partial charge in [0, 0.05) is 5.69 Å². The summed E-state index contributed by atoms with van der Waals surface area (Å²) in [5.41, 5.74) is 2.10. The molecule has 3 rings (SSSR count). The average molecular weight is 385 g/mol. The molecule has 2 N–H and O–H groups in total. The maximum atomic E-state index is 12.7. The number of nitrogens with one attached hydrogen (secondary N) is 2. The molecule has 27 heavy (non-hydrogen) atoms. The summed E-state index contributed by atoms with van der Waals surface area (Å²) in [7, 11) is 0. The molecule has 0 saturated heterocycles. The van der Waals surface area contributed by atoms with E-state index in [0.717, 1.165) is 34.8 Å². The minimum atomic E-state index is -0.271. The molecule has 0 unspecified atom stereocenters. The van der Waals surface area contributed by atoms with Crippen molar-refractivity contribution in [3.8, 4) is 5.75 Å². The molecule has 2 aromatic heterocycles. The van der Waals surface area contributed by atoms with Crippen molar-refractivity contribution >= 4 is 34.5 Å². The number of ether oxygens (including phenoxy) is 1. The van der Waals surface area contributed by atoms with E-state index in [9.17, 15) is 4.79 Å². The van der Waals surface area contributed by atoms with Crippen LogP contribution in [0.1, 0.15) is 33.1 Å². The molecule has 1 amide bonds. The summed E-state index contributed by atoms with van der Waals surface area (Å²) < 4.78 is 5.65. The van der Waals surface area contributed by atoms with E-state index < -0.39 is 0 Å². The van der Waals surface area contributed by atoms with Crippen LogP contribution in [0, 0.1) is 0 Å². The Morgan fingerprint density at radius 1 is 1.22 bits per heavy atom. The number of anilines is 1. The highest BCUT2D eigenvalue weighted by Crippen LogP contribution is 2.28. The van der Waals surface area contributed by atoms with Crippen molar-refractivity contribution < 1.29 is 9.53 Å². The minimum absolute atomic E-state index is 0.0616. The molecule has 0 aliphatic carbocycles. The molecular formula is C19H23N5O2S. The number of aromatic nitrogens is 4. The first-order valence-corrected chi connectivity index (χ1v) is 9.93. The average Bonchev–Trinajstić information content (AvgIpc) is 3.17. The third-order valence-corrected chi connectivity index (χ3v) is 5.36. The van der Waals surface area contributed by atoms with Gasteiger partial charge in [-0.2, -0.15) is 0 Å². The van der Waals surface area contributed by atoms with E-state index in [1.807, 2.05) is 31.2 Å². The summed E-state index contributed by atoms with van der Waals surface area (Å²) in [5.74, 6) is 0.749. The molecule has 0 radical (unpaired) electrons. The SMILES string of the molecule is CCCCOc1ccc(NC(=O)[C@@H](CC)Sc2ncnc3nc[nH]c23)cc1. The first-order valence-electron chi connectivity index (χ1n) is 9.05. The number of H-pyrrole nitrogens is 1. The molecule has 0 fully saturated rings. The summed E-state index contributed by atoms with van der Waals surface area (Å²) in [4.78, 5) is 28.2.